The van der Waals surface area contributed by atoms with Crippen molar-refractivity contribution in [2.45, 2.75) is 26.2 Å². The van der Waals surface area contributed by atoms with E-state index in [1.165, 1.54) is 7.11 Å². The highest BCUT2D eigenvalue weighted by atomic mass is 19.3. The van der Waals surface area contributed by atoms with Crippen LogP contribution in [0.3, 0.4) is 0 Å². The molecule has 0 radical (unpaired) electrons. The third kappa shape index (κ3) is 1.56. The fourth-order valence-electron chi connectivity index (χ4n) is 2.16. The molecule has 0 aromatic carbocycles. The lowest BCUT2D eigenvalue weighted by Gasteiger charge is -1.98. The van der Waals surface area contributed by atoms with Crippen molar-refractivity contribution >= 4 is 5.97 Å². The van der Waals surface area contributed by atoms with Gasteiger partial charge in [0.25, 0.3) is 5.92 Å². The molecule has 2 fully saturated rings. The zero-order valence-electron chi connectivity index (χ0n) is 9.01. The van der Waals surface area contributed by atoms with E-state index in [4.69, 9.17) is 0 Å². The molecule has 2 atom stereocenters. The Bertz CT molecular complexity index is 344. The number of rotatable bonds is 2. The summed E-state index contributed by atoms with van der Waals surface area (Å²) in [6.45, 7) is 3.80. The summed E-state index contributed by atoms with van der Waals surface area (Å²) in [5.41, 5.74) is -0.0642. The van der Waals surface area contributed by atoms with Crippen molar-refractivity contribution < 1.29 is 18.3 Å². The van der Waals surface area contributed by atoms with Crippen LogP contribution in [0.5, 0.6) is 0 Å². The second-order valence-corrected chi connectivity index (χ2v) is 4.92. The van der Waals surface area contributed by atoms with Crippen LogP contribution in [0.25, 0.3) is 0 Å². The van der Waals surface area contributed by atoms with E-state index in [0.29, 0.717) is 0 Å². The van der Waals surface area contributed by atoms with Crippen molar-refractivity contribution in [2.75, 3.05) is 7.11 Å². The van der Waals surface area contributed by atoms with Crippen LogP contribution in [0.15, 0.2) is 11.6 Å². The van der Waals surface area contributed by atoms with Gasteiger partial charge < -0.3 is 4.74 Å². The lowest BCUT2D eigenvalue weighted by atomic mass is 10.1. The molecule has 0 aliphatic heterocycles. The van der Waals surface area contributed by atoms with Gasteiger partial charge in [-0.25, -0.2) is 8.78 Å². The van der Waals surface area contributed by atoms with Gasteiger partial charge in [-0.05, 0) is 11.3 Å². The maximum Gasteiger partial charge on any atom is 0.309 e. The molecular formula is C11H14F2O2. The predicted molar refractivity (Wildman–Crippen MR) is 50.4 cm³/mol. The van der Waals surface area contributed by atoms with Crippen molar-refractivity contribution in [2.24, 2.45) is 17.3 Å². The Labute approximate surface area is 87.3 Å². The third-order valence-corrected chi connectivity index (χ3v) is 3.50. The molecule has 84 valence electrons. The molecule has 0 N–H and O–H groups in total. The van der Waals surface area contributed by atoms with Crippen LogP contribution in [0.1, 0.15) is 20.3 Å². The number of hydrogen-bond acceptors (Lipinski definition) is 2. The number of carbonyl (C=O) groups excluding carboxylic acids is 1. The van der Waals surface area contributed by atoms with Gasteiger partial charge in [-0.3, -0.25) is 4.79 Å². The lowest BCUT2D eigenvalue weighted by Crippen LogP contribution is -2.07. The van der Waals surface area contributed by atoms with Gasteiger partial charge in [-0.15, -0.1) is 0 Å². The monoisotopic (exact) mass is 216 g/mol. The first-order chi connectivity index (χ1) is 6.80. The summed E-state index contributed by atoms with van der Waals surface area (Å²) >= 11 is 0. The first-order valence-corrected chi connectivity index (χ1v) is 4.97. The summed E-state index contributed by atoms with van der Waals surface area (Å²) < 4.78 is 30.0. The van der Waals surface area contributed by atoms with Crippen molar-refractivity contribution in [1.29, 1.82) is 0 Å². The van der Waals surface area contributed by atoms with Gasteiger partial charge in [0, 0.05) is 12.0 Å². The number of methoxy groups -OCH3 is 1. The number of carbonyl (C=O) groups is 1. The molecule has 0 amide bonds. The number of esters is 1. The first kappa shape index (κ1) is 10.6. The minimum atomic E-state index is -2.61. The Balaban J connectivity index is 2.08. The summed E-state index contributed by atoms with van der Waals surface area (Å²) in [5.74, 6) is -3.26. The van der Waals surface area contributed by atoms with Crippen LogP contribution in [-0.2, 0) is 9.53 Å². The number of hydrogen-bond donors (Lipinski definition) is 0. The Morgan fingerprint density at radius 3 is 2.47 bits per heavy atom. The molecule has 15 heavy (non-hydrogen) atoms. The Hall–Kier alpha value is -0.930. The number of alkyl halides is 2. The number of ether oxygens (including phenoxy) is 1. The van der Waals surface area contributed by atoms with E-state index >= 15 is 0 Å². The smallest absolute Gasteiger partial charge is 0.309 e. The fraction of sp³-hybridized carbons (Fsp3) is 0.727. The summed E-state index contributed by atoms with van der Waals surface area (Å²) in [6, 6.07) is 0. The Morgan fingerprint density at radius 2 is 2.07 bits per heavy atom. The highest BCUT2D eigenvalue weighted by Gasteiger charge is 2.63. The second-order valence-electron chi connectivity index (χ2n) is 4.92. The maximum atomic E-state index is 12.7. The van der Waals surface area contributed by atoms with E-state index in [1.54, 1.807) is 6.08 Å². The molecule has 2 aliphatic rings. The summed E-state index contributed by atoms with van der Waals surface area (Å²) in [6.07, 6.45) is 1.41. The maximum absolute atomic E-state index is 12.7. The number of allylic oxidation sites excluding steroid dienone is 2. The van der Waals surface area contributed by atoms with E-state index in [2.05, 4.69) is 4.74 Å². The van der Waals surface area contributed by atoms with Crippen LogP contribution in [0.2, 0.25) is 0 Å². The highest BCUT2D eigenvalue weighted by Crippen LogP contribution is 2.62. The summed E-state index contributed by atoms with van der Waals surface area (Å²) in [7, 11) is 1.33. The Morgan fingerprint density at radius 1 is 1.53 bits per heavy atom. The minimum Gasteiger partial charge on any atom is -0.469 e. The van der Waals surface area contributed by atoms with Crippen LogP contribution in [-0.4, -0.2) is 19.0 Å². The third-order valence-electron chi connectivity index (χ3n) is 3.50. The quantitative estimate of drug-likeness (QED) is 0.523. The first-order valence-electron chi connectivity index (χ1n) is 4.97. The minimum absolute atomic E-state index is 0.0895. The molecule has 2 nitrogen and oxygen atoms in total. The molecule has 4 heteroatoms. The van der Waals surface area contributed by atoms with Gasteiger partial charge in [-0.2, -0.15) is 0 Å². The predicted octanol–water partition coefficient (Wildman–Crippen LogP) is 2.40. The lowest BCUT2D eigenvalue weighted by molar-refractivity contribution is -0.143. The second kappa shape index (κ2) is 2.80. The molecule has 0 aromatic rings. The van der Waals surface area contributed by atoms with Crippen molar-refractivity contribution in [1.82, 2.24) is 0 Å². The molecule has 0 spiro atoms. The molecule has 0 saturated heterocycles. The van der Waals surface area contributed by atoms with Crippen LogP contribution >= 0.6 is 0 Å². The molecule has 2 unspecified atom stereocenters. The fourth-order valence-corrected chi connectivity index (χ4v) is 2.16. The summed E-state index contributed by atoms with van der Waals surface area (Å²) in [4.78, 5) is 11.3. The van der Waals surface area contributed by atoms with Gasteiger partial charge >= 0.3 is 5.97 Å². The van der Waals surface area contributed by atoms with Gasteiger partial charge in [0.1, 0.15) is 0 Å². The zero-order valence-corrected chi connectivity index (χ0v) is 9.01. The van der Waals surface area contributed by atoms with E-state index in [0.717, 1.165) is 0 Å². The largest absolute Gasteiger partial charge is 0.469 e. The van der Waals surface area contributed by atoms with Crippen LogP contribution in [0.4, 0.5) is 8.78 Å². The van der Waals surface area contributed by atoms with E-state index in [9.17, 15) is 13.6 Å². The topological polar surface area (TPSA) is 26.3 Å². The number of halogens is 2. The van der Waals surface area contributed by atoms with E-state index in [-0.39, 0.29) is 35.2 Å². The molecular weight excluding hydrogens is 202 g/mol. The van der Waals surface area contributed by atoms with Crippen LogP contribution in [0, 0.1) is 17.3 Å². The molecule has 0 aromatic heterocycles. The van der Waals surface area contributed by atoms with Gasteiger partial charge in [0.2, 0.25) is 0 Å². The molecule has 2 rings (SSSR count). The summed E-state index contributed by atoms with van der Waals surface area (Å²) in [5, 5.41) is 0. The van der Waals surface area contributed by atoms with Crippen molar-refractivity contribution in [3.8, 4) is 0 Å². The average molecular weight is 216 g/mol. The highest BCUT2D eigenvalue weighted by molar-refractivity contribution is 5.78. The van der Waals surface area contributed by atoms with Gasteiger partial charge in [0.05, 0.1) is 13.0 Å². The van der Waals surface area contributed by atoms with Crippen molar-refractivity contribution in [3.63, 3.8) is 0 Å². The van der Waals surface area contributed by atoms with Crippen LogP contribution < -0.4 is 0 Å². The molecule has 0 bridgehead atoms. The van der Waals surface area contributed by atoms with Gasteiger partial charge in [0.15, 0.2) is 0 Å². The van der Waals surface area contributed by atoms with Crippen molar-refractivity contribution in [3.05, 3.63) is 11.6 Å². The van der Waals surface area contributed by atoms with E-state index in [1.807, 2.05) is 13.8 Å². The average Bonchev–Trinajstić information content (AvgIpc) is 2.88. The van der Waals surface area contributed by atoms with Gasteiger partial charge in [-0.1, -0.05) is 19.9 Å². The molecule has 2 saturated carbocycles. The molecule has 0 heterocycles. The van der Waals surface area contributed by atoms with E-state index < -0.39 is 5.92 Å². The zero-order chi connectivity index (χ0) is 11.4. The molecule has 2 aliphatic carbocycles. The standard InChI is InChI=1S/C11H14F2O2/c1-10(2)7(8(10)9(14)15-3)4-6-5-11(6,12)13/h4,7-8H,5H2,1-3H3. The normalized spacial score (nSPS) is 37.5. The SMILES string of the molecule is COC(=O)C1C(C=C2CC2(F)F)C1(C)C. The Kier molecular flexibility index (Phi) is 1.98.